The first kappa shape index (κ1) is 30.8. The van der Waals surface area contributed by atoms with Gasteiger partial charge in [-0.1, -0.05) is 84.2 Å². The van der Waals surface area contributed by atoms with Crippen molar-refractivity contribution in [1.82, 2.24) is 10.2 Å². The van der Waals surface area contributed by atoms with Crippen LogP contribution in [0, 0.1) is 0 Å². The molecule has 3 aromatic rings. The summed E-state index contributed by atoms with van der Waals surface area (Å²) in [5, 5.41) is 3.79. The minimum atomic E-state index is -3.96. The van der Waals surface area contributed by atoms with Crippen molar-refractivity contribution in [2.75, 3.05) is 23.7 Å². The average molecular weight is 611 g/mol. The molecule has 2 amide bonds. The number of carbonyl (C=O) groups is 2. The number of nitrogens with one attached hydrogen (secondary N) is 1. The Morgan fingerprint density at radius 3 is 2.15 bits per heavy atom. The largest absolute Gasteiger partial charge is 0.354 e. The summed E-state index contributed by atoms with van der Waals surface area (Å²) in [6.07, 6.45) is 1.92. The highest BCUT2D eigenvalue weighted by molar-refractivity contribution is 7.92. The monoisotopic (exact) mass is 609 g/mol. The van der Waals surface area contributed by atoms with E-state index in [9.17, 15) is 18.0 Å². The minimum Gasteiger partial charge on any atom is -0.354 e. The molecule has 1 atom stereocenters. The molecular formula is C28H30Cl3N3O4S. The number of hydrogen-bond acceptors (Lipinski definition) is 4. The van der Waals surface area contributed by atoms with E-state index < -0.39 is 28.5 Å². The van der Waals surface area contributed by atoms with E-state index in [0.717, 1.165) is 21.7 Å². The highest BCUT2D eigenvalue weighted by Gasteiger charge is 2.33. The molecule has 0 heterocycles. The standard InChI is InChI=1S/C28H30Cl3N3O4S/c1-3-15-32-28(36)26(16-20-7-5-4-6-8-20)33(18-21-9-11-22(29)12-10-21)27(35)19-34(39(2,37)38)25-17-23(30)13-14-24(25)31/h4-14,17,26H,3,15-16,18-19H2,1-2H3,(H,32,36). The third-order valence-corrected chi connectivity index (χ3v) is 7.88. The fourth-order valence-corrected chi connectivity index (χ4v) is 5.39. The fourth-order valence-electron chi connectivity index (χ4n) is 3.98. The van der Waals surface area contributed by atoms with Crippen LogP contribution >= 0.6 is 34.8 Å². The van der Waals surface area contributed by atoms with E-state index in [1.54, 1.807) is 24.3 Å². The van der Waals surface area contributed by atoms with Gasteiger partial charge >= 0.3 is 0 Å². The molecule has 208 valence electrons. The van der Waals surface area contributed by atoms with Gasteiger partial charge in [-0.05, 0) is 47.9 Å². The quantitative estimate of drug-likeness (QED) is 0.290. The minimum absolute atomic E-state index is 0.0495. The van der Waals surface area contributed by atoms with Crippen molar-refractivity contribution in [2.24, 2.45) is 0 Å². The Bertz CT molecular complexity index is 1390. The summed E-state index contributed by atoms with van der Waals surface area (Å²) < 4.78 is 26.6. The van der Waals surface area contributed by atoms with Crippen LogP contribution < -0.4 is 9.62 Å². The number of hydrogen-bond donors (Lipinski definition) is 1. The van der Waals surface area contributed by atoms with Crippen LogP contribution in [0.1, 0.15) is 24.5 Å². The van der Waals surface area contributed by atoms with Gasteiger partial charge in [-0.15, -0.1) is 0 Å². The van der Waals surface area contributed by atoms with Crippen LogP contribution in [0.5, 0.6) is 0 Å². The fraction of sp³-hybridized carbons (Fsp3) is 0.286. The number of benzene rings is 3. The molecular weight excluding hydrogens is 581 g/mol. The number of sulfonamides is 1. The molecule has 3 rings (SSSR count). The topological polar surface area (TPSA) is 86.8 Å². The van der Waals surface area contributed by atoms with Gasteiger partial charge in [0.05, 0.1) is 17.0 Å². The van der Waals surface area contributed by atoms with Gasteiger partial charge in [0.1, 0.15) is 12.6 Å². The van der Waals surface area contributed by atoms with E-state index in [-0.39, 0.29) is 34.6 Å². The zero-order chi connectivity index (χ0) is 28.6. The SMILES string of the molecule is CCCNC(=O)C(Cc1ccccc1)N(Cc1ccc(Cl)cc1)C(=O)CN(c1cc(Cl)ccc1Cl)S(C)(=O)=O. The van der Waals surface area contributed by atoms with Crippen LogP contribution in [-0.4, -0.2) is 50.5 Å². The molecule has 0 saturated carbocycles. The Kier molecular flexibility index (Phi) is 11.1. The maximum Gasteiger partial charge on any atom is 0.244 e. The molecule has 1 N–H and O–H groups in total. The molecule has 1 unspecified atom stereocenters. The molecule has 7 nitrogen and oxygen atoms in total. The van der Waals surface area contributed by atoms with Gasteiger partial charge in [0.15, 0.2) is 0 Å². The summed E-state index contributed by atoms with van der Waals surface area (Å²) in [4.78, 5) is 28.8. The third-order valence-electron chi connectivity index (χ3n) is 5.94. The number of amides is 2. The van der Waals surface area contributed by atoms with Crippen LogP contribution in [0.2, 0.25) is 15.1 Å². The Hall–Kier alpha value is -2.78. The smallest absolute Gasteiger partial charge is 0.244 e. The third kappa shape index (κ3) is 8.86. The van der Waals surface area contributed by atoms with E-state index >= 15 is 0 Å². The summed E-state index contributed by atoms with van der Waals surface area (Å²) in [7, 11) is -3.96. The average Bonchev–Trinajstić information content (AvgIpc) is 2.90. The van der Waals surface area contributed by atoms with Crippen molar-refractivity contribution < 1.29 is 18.0 Å². The summed E-state index contributed by atoms with van der Waals surface area (Å²) >= 11 is 18.5. The molecule has 0 bridgehead atoms. The Balaban J connectivity index is 2.06. The summed E-state index contributed by atoms with van der Waals surface area (Å²) in [6.45, 7) is 1.83. The first-order valence-electron chi connectivity index (χ1n) is 12.3. The number of rotatable bonds is 12. The Morgan fingerprint density at radius 1 is 0.897 bits per heavy atom. The first-order chi connectivity index (χ1) is 18.5. The second-order valence-electron chi connectivity index (χ2n) is 9.01. The molecule has 0 aromatic heterocycles. The molecule has 0 aliphatic carbocycles. The van der Waals surface area contributed by atoms with Crippen molar-refractivity contribution in [3.05, 3.63) is 99.0 Å². The zero-order valence-corrected chi connectivity index (χ0v) is 24.7. The van der Waals surface area contributed by atoms with E-state index in [4.69, 9.17) is 34.8 Å². The predicted octanol–water partition coefficient (Wildman–Crippen LogP) is 5.58. The van der Waals surface area contributed by atoms with E-state index in [1.165, 1.54) is 23.1 Å². The molecule has 0 spiro atoms. The van der Waals surface area contributed by atoms with Crippen LogP contribution in [0.25, 0.3) is 0 Å². The van der Waals surface area contributed by atoms with Gasteiger partial charge in [-0.3, -0.25) is 13.9 Å². The maximum absolute atomic E-state index is 14.0. The summed E-state index contributed by atoms with van der Waals surface area (Å²) in [5.41, 5.74) is 1.64. The normalized spacial score (nSPS) is 12.0. The Labute approximate surface area is 244 Å². The van der Waals surface area contributed by atoms with Gasteiger partial charge < -0.3 is 10.2 Å². The predicted molar refractivity (Wildman–Crippen MR) is 158 cm³/mol. The number of carbonyl (C=O) groups excluding carboxylic acids is 2. The molecule has 3 aromatic carbocycles. The highest BCUT2D eigenvalue weighted by Crippen LogP contribution is 2.31. The van der Waals surface area contributed by atoms with Crippen LogP contribution in [0.4, 0.5) is 5.69 Å². The van der Waals surface area contributed by atoms with Crippen molar-refractivity contribution >= 4 is 62.3 Å². The number of anilines is 1. The maximum atomic E-state index is 14.0. The zero-order valence-electron chi connectivity index (χ0n) is 21.6. The molecule has 0 aliphatic rings. The van der Waals surface area contributed by atoms with Gasteiger partial charge in [0.25, 0.3) is 0 Å². The van der Waals surface area contributed by atoms with Crippen LogP contribution in [0.3, 0.4) is 0 Å². The first-order valence-corrected chi connectivity index (χ1v) is 15.3. The molecule has 0 fully saturated rings. The van der Waals surface area contributed by atoms with Crippen molar-refractivity contribution in [2.45, 2.75) is 32.4 Å². The number of halogens is 3. The highest BCUT2D eigenvalue weighted by atomic mass is 35.5. The van der Waals surface area contributed by atoms with Gasteiger partial charge in [0, 0.05) is 29.6 Å². The lowest BCUT2D eigenvalue weighted by Gasteiger charge is -2.33. The molecule has 11 heteroatoms. The van der Waals surface area contributed by atoms with Gasteiger partial charge in [0.2, 0.25) is 21.8 Å². The molecule has 0 radical (unpaired) electrons. The van der Waals surface area contributed by atoms with E-state index in [1.807, 2.05) is 37.3 Å². The van der Waals surface area contributed by atoms with Crippen molar-refractivity contribution in [3.63, 3.8) is 0 Å². The van der Waals surface area contributed by atoms with Gasteiger partial charge in [-0.25, -0.2) is 8.42 Å². The molecule has 0 aliphatic heterocycles. The van der Waals surface area contributed by atoms with Crippen LogP contribution in [-0.2, 0) is 32.6 Å². The van der Waals surface area contributed by atoms with Crippen molar-refractivity contribution in [3.8, 4) is 0 Å². The molecule has 39 heavy (non-hydrogen) atoms. The second kappa shape index (κ2) is 14.0. The summed E-state index contributed by atoms with van der Waals surface area (Å²) in [6, 6.07) is 19.7. The Morgan fingerprint density at radius 2 is 1.54 bits per heavy atom. The number of nitrogens with zero attached hydrogens (tertiary/aromatic N) is 2. The molecule has 0 saturated heterocycles. The lowest BCUT2D eigenvalue weighted by atomic mass is 10.0. The second-order valence-corrected chi connectivity index (χ2v) is 12.2. The van der Waals surface area contributed by atoms with Crippen LogP contribution in [0.15, 0.2) is 72.8 Å². The lowest BCUT2D eigenvalue weighted by Crippen LogP contribution is -2.53. The summed E-state index contributed by atoms with van der Waals surface area (Å²) in [5.74, 6) is -0.922. The lowest BCUT2D eigenvalue weighted by molar-refractivity contribution is -0.140. The van der Waals surface area contributed by atoms with Gasteiger partial charge in [-0.2, -0.15) is 0 Å². The van der Waals surface area contributed by atoms with E-state index in [0.29, 0.717) is 18.0 Å². The van der Waals surface area contributed by atoms with Crippen molar-refractivity contribution in [1.29, 1.82) is 0 Å². The van der Waals surface area contributed by atoms with E-state index in [2.05, 4.69) is 5.32 Å².